The van der Waals surface area contributed by atoms with E-state index in [4.69, 9.17) is 21.1 Å². The molecule has 0 fully saturated rings. The molecule has 0 amide bonds. The Morgan fingerprint density at radius 1 is 1.22 bits per heavy atom. The molecule has 0 radical (unpaired) electrons. The van der Waals surface area contributed by atoms with E-state index in [9.17, 15) is 4.79 Å². The minimum absolute atomic E-state index is 0.132. The fourth-order valence-corrected chi connectivity index (χ4v) is 1.93. The lowest BCUT2D eigenvalue weighted by atomic mass is 10.1. The molecule has 0 bridgehead atoms. The zero-order valence-electron chi connectivity index (χ0n) is 9.09. The lowest BCUT2D eigenvalue weighted by molar-refractivity contribution is 0.112. The van der Waals surface area contributed by atoms with Gasteiger partial charge in [-0.2, -0.15) is 0 Å². The molecule has 1 aromatic carbocycles. The number of carbonyl (C=O) groups excluding carboxylic acids is 1. The van der Waals surface area contributed by atoms with E-state index < -0.39 is 0 Å². The van der Waals surface area contributed by atoms with Crippen molar-refractivity contribution in [2.75, 3.05) is 6.79 Å². The second-order valence-electron chi connectivity index (χ2n) is 3.61. The van der Waals surface area contributed by atoms with Crippen molar-refractivity contribution in [2.45, 2.75) is 0 Å². The van der Waals surface area contributed by atoms with Crippen molar-refractivity contribution in [2.24, 2.45) is 0 Å². The van der Waals surface area contributed by atoms with Crippen molar-refractivity contribution < 1.29 is 14.3 Å². The number of halogens is 1. The van der Waals surface area contributed by atoms with E-state index in [2.05, 4.69) is 9.97 Å². The van der Waals surface area contributed by atoms with Crippen LogP contribution in [0, 0.1) is 0 Å². The summed E-state index contributed by atoms with van der Waals surface area (Å²) in [4.78, 5) is 18.9. The number of carbonyl (C=O) groups is 1. The Morgan fingerprint density at radius 3 is 2.89 bits per heavy atom. The van der Waals surface area contributed by atoms with Crippen molar-refractivity contribution in [3.05, 3.63) is 35.2 Å². The predicted molar refractivity (Wildman–Crippen MR) is 64.0 cm³/mol. The summed E-state index contributed by atoms with van der Waals surface area (Å²) in [5, 5.41) is 0.132. The third-order valence-corrected chi connectivity index (χ3v) is 2.90. The second kappa shape index (κ2) is 4.27. The molecule has 0 unspecified atom stereocenters. The molecular weight excluding hydrogens is 256 g/mol. The molecule has 90 valence electrons. The Kier molecular flexibility index (Phi) is 2.60. The summed E-state index contributed by atoms with van der Waals surface area (Å²) < 4.78 is 10.5. The molecular formula is C12H7ClN2O3. The maximum atomic E-state index is 11.0. The Morgan fingerprint density at radius 2 is 2.06 bits per heavy atom. The first-order valence-electron chi connectivity index (χ1n) is 5.15. The lowest BCUT2D eigenvalue weighted by Crippen LogP contribution is -1.95. The van der Waals surface area contributed by atoms with Gasteiger partial charge in [-0.3, -0.25) is 4.79 Å². The van der Waals surface area contributed by atoms with Gasteiger partial charge in [-0.05, 0) is 18.2 Å². The van der Waals surface area contributed by atoms with Crippen LogP contribution in [0.1, 0.15) is 10.4 Å². The zero-order valence-corrected chi connectivity index (χ0v) is 9.85. The third-order valence-electron chi connectivity index (χ3n) is 2.60. The number of aldehydes is 1. The number of hydrogen-bond donors (Lipinski definition) is 0. The molecule has 2 heterocycles. The highest BCUT2D eigenvalue weighted by atomic mass is 35.5. The van der Waals surface area contributed by atoms with Gasteiger partial charge in [-0.1, -0.05) is 11.6 Å². The van der Waals surface area contributed by atoms with Gasteiger partial charge in [0.05, 0.1) is 11.3 Å². The summed E-state index contributed by atoms with van der Waals surface area (Å²) in [5.74, 6) is 1.30. The molecule has 6 heteroatoms. The molecule has 18 heavy (non-hydrogen) atoms. The largest absolute Gasteiger partial charge is 0.454 e. The monoisotopic (exact) mass is 262 g/mol. The molecule has 1 aliphatic rings. The first-order valence-corrected chi connectivity index (χ1v) is 5.53. The van der Waals surface area contributed by atoms with Crippen LogP contribution in [-0.2, 0) is 0 Å². The first-order chi connectivity index (χ1) is 8.79. The van der Waals surface area contributed by atoms with Gasteiger partial charge in [0, 0.05) is 5.56 Å². The van der Waals surface area contributed by atoms with Crippen molar-refractivity contribution in [1.82, 2.24) is 9.97 Å². The number of fused-ring (bicyclic) bond motifs is 1. The Labute approximate surface area is 107 Å². The van der Waals surface area contributed by atoms with Crippen LogP contribution in [0.25, 0.3) is 11.3 Å². The van der Waals surface area contributed by atoms with Gasteiger partial charge in [-0.25, -0.2) is 9.97 Å². The molecule has 2 aromatic rings. The molecule has 0 aliphatic carbocycles. The van der Waals surface area contributed by atoms with E-state index in [1.807, 2.05) is 0 Å². The fraction of sp³-hybridized carbons (Fsp3) is 0.0833. The summed E-state index contributed by atoms with van der Waals surface area (Å²) in [7, 11) is 0. The van der Waals surface area contributed by atoms with Crippen molar-refractivity contribution in [1.29, 1.82) is 0 Å². The maximum Gasteiger partial charge on any atom is 0.231 e. The lowest BCUT2D eigenvalue weighted by Gasteiger charge is -2.05. The van der Waals surface area contributed by atoms with E-state index >= 15 is 0 Å². The summed E-state index contributed by atoms with van der Waals surface area (Å²) in [6.45, 7) is 0.198. The van der Waals surface area contributed by atoms with Crippen molar-refractivity contribution >= 4 is 17.9 Å². The van der Waals surface area contributed by atoms with Gasteiger partial charge in [0.15, 0.2) is 17.8 Å². The number of aromatic nitrogens is 2. The van der Waals surface area contributed by atoms with Crippen LogP contribution in [0.5, 0.6) is 11.5 Å². The topological polar surface area (TPSA) is 61.3 Å². The van der Waals surface area contributed by atoms with E-state index in [0.717, 1.165) is 5.56 Å². The van der Waals surface area contributed by atoms with E-state index in [1.165, 1.54) is 6.33 Å². The summed E-state index contributed by atoms with van der Waals surface area (Å²) >= 11 is 5.86. The predicted octanol–water partition coefficient (Wildman–Crippen LogP) is 2.34. The molecule has 5 nitrogen and oxygen atoms in total. The standard InChI is InChI=1S/C12H7ClN2O3/c13-12-8(4-16)11(14-5-15-12)7-1-2-9-10(3-7)18-6-17-9/h1-5H,6H2. The number of rotatable bonds is 2. The van der Waals surface area contributed by atoms with Crippen LogP contribution in [0.15, 0.2) is 24.5 Å². The van der Waals surface area contributed by atoms with Gasteiger partial charge in [0.25, 0.3) is 0 Å². The molecule has 0 spiro atoms. The van der Waals surface area contributed by atoms with E-state index in [0.29, 0.717) is 23.5 Å². The van der Waals surface area contributed by atoms with Crippen LogP contribution in [0.2, 0.25) is 5.15 Å². The SMILES string of the molecule is O=Cc1c(Cl)ncnc1-c1ccc2c(c1)OCO2. The summed E-state index contributed by atoms with van der Waals surface area (Å²) in [6.07, 6.45) is 1.96. The molecule has 3 rings (SSSR count). The minimum atomic E-state index is 0.132. The highest BCUT2D eigenvalue weighted by molar-refractivity contribution is 6.32. The first kappa shape index (κ1) is 11.0. The quantitative estimate of drug-likeness (QED) is 0.614. The van der Waals surface area contributed by atoms with Gasteiger partial charge < -0.3 is 9.47 Å². The second-order valence-corrected chi connectivity index (χ2v) is 3.97. The van der Waals surface area contributed by atoms with E-state index in [1.54, 1.807) is 18.2 Å². The number of nitrogens with zero attached hydrogens (tertiary/aromatic N) is 2. The number of benzene rings is 1. The average Bonchev–Trinajstić information content (AvgIpc) is 2.85. The molecule has 1 aromatic heterocycles. The van der Waals surface area contributed by atoms with E-state index in [-0.39, 0.29) is 17.5 Å². The highest BCUT2D eigenvalue weighted by Crippen LogP contribution is 2.36. The number of hydrogen-bond acceptors (Lipinski definition) is 5. The Bertz CT molecular complexity index is 631. The van der Waals surface area contributed by atoms with Gasteiger partial charge >= 0.3 is 0 Å². The fourth-order valence-electron chi connectivity index (χ4n) is 1.75. The van der Waals surface area contributed by atoms with Gasteiger partial charge in [-0.15, -0.1) is 0 Å². The molecule has 0 N–H and O–H groups in total. The molecule has 0 atom stereocenters. The van der Waals surface area contributed by atoms with Crippen molar-refractivity contribution in [3.8, 4) is 22.8 Å². The van der Waals surface area contributed by atoms with Crippen LogP contribution >= 0.6 is 11.6 Å². The zero-order chi connectivity index (χ0) is 12.5. The maximum absolute atomic E-state index is 11.0. The van der Waals surface area contributed by atoms with Crippen LogP contribution in [0.3, 0.4) is 0 Å². The Balaban J connectivity index is 2.15. The third kappa shape index (κ3) is 1.69. The smallest absolute Gasteiger partial charge is 0.231 e. The Hall–Kier alpha value is -2.14. The highest BCUT2D eigenvalue weighted by Gasteiger charge is 2.17. The average molecular weight is 263 g/mol. The normalized spacial score (nSPS) is 12.5. The van der Waals surface area contributed by atoms with Crippen LogP contribution < -0.4 is 9.47 Å². The van der Waals surface area contributed by atoms with Crippen LogP contribution in [-0.4, -0.2) is 23.0 Å². The van der Waals surface area contributed by atoms with Gasteiger partial charge in [0.1, 0.15) is 11.5 Å². The molecule has 0 saturated heterocycles. The van der Waals surface area contributed by atoms with Crippen molar-refractivity contribution in [3.63, 3.8) is 0 Å². The van der Waals surface area contributed by atoms with Gasteiger partial charge in [0.2, 0.25) is 6.79 Å². The number of ether oxygens (including phenoxy) is 2. The summed E-state index contributed by atoms with van der Waals surface area (Å²) in [6, 6.07) is 5.31. The minimum Gasteiger partial charge on any atom is -0.454 e. The molecule has 0 saturated carbocycles. The van der Waals surface area contributed by atoms with Crippen LogP contribution in [0.4, 0.5) is 0 Å². The molecule has 1 aliphatic heterocycles. The summed E-state index contributed by atoms with van der Waals surface area (Å²) in [5.41, 5.74) is 1.46.